The standard InChI is InChI=1S/C19H15NO5/c1-24-18-10-15(7-9-17(18)25-12-19(22)23)16(21)8-6-13-2-4-14(11-20)5-3-13/h2-10H,12H2,1H3,(H,22,23)/b8-6+. The van der Waals surface area contributed by atoms with Gasteiger partial charge in [0.25, 0.3) is 0 Å². The van der Waals surface area contributed by atoms with Crippen LogP contribution in [0.25, 0.3) is 6.08 Å². The van der Waals surface area contributed by atoms with E-state index in [2.05, 4.69) is 0 Å². The summed E-state index contributed by atoms with van der Waals surface area (Å²) in [5, 5.41) is 17.4. The first-order valence-electron chi connectivity index (χ1n) is 7.28. The molecule has 1 N–H and O–H groups in total. The van der Waals surface area contributed by atoms with Crippen LogP contribution in [0.3, 0.4) is 0 Å². The summed E-state index contributed by atoms with van der Waals surface area (Å²) in [6, 6.07) is 13.4. The third kappa shape index (κ3) is 4.94. The summed E-state index contributed by atoms with van der Waals surface area (Å²) < 4.78 is 10.2. The van der Waals surface area contributed by atoms with Crippen molar-refractivity contribution in [2.75, 3.05) is 13.7 Å². The van der Waals surface area contributed by atoms with Crippen molar-refractivity contribution < 1.29 is 24.2 Å². The van der Waals surface area contributed by atoms with Gasteiger partial charge in [0.2, 0.25) is 0 Å². The normalized spacial score (nSPS) is 10.2. The molecule has 0 bridgehead atoms. The van der Waals surface area contributed by atoms with E-state index in [0.29, 0.717) is 11.1 Å². The molecule has 6 heteroatoms. The molecule has 0 heterocycles. The van der Waals surface area contributed by atoms with Gasteiger partial charge in [0.1, 0.15) is 0 Å². The van der Waals surface area contributed by atoms with Crippen molar-refractivity contribution in [3.05, 3.63) is 65.2 Å². The fourth-order valence-electron chi connectivity index (χ4n) is 2.02. The maximum absolute atomic E-state index is 12.3. The van der Waals surface area contributed by atoms with Crippen molar-refractivity contribution in [3.8, 4) is 17.6 Å². The molecule has 0 amide bonds. The monoisotopic (exact) mass is 337 g/mol. The third-order valence-corrected chi connectivity index (χ3v) is 3.27. The SMILES string of the molecule is COc1cc(C(=O)/C=C/c2ccc(C#N)cc2)ccc1OCC(=O)O. The number of ketones is 1. The summed E-state index contributed by atoms with van der Waals surface area (Å²) in [4.78, 5) is 22.8. The maximum Gasteiger partial charge on any atom is 0.341 e. The second kappa shape index (κ2) is 8.31. The van der Waals surface area contributed by atoms with Crippen LogP contribution in [0.5, 0.6) is 11.5 Å². The number of carbonyl (C=O) groups excluding carboxylic acids is 1. The lowest BCUT2D eigenvalue weighted by Gasteiger charge is -2.09. The molecule has 0 spiro atoms. The number of hydrogen-bond donors (Lipinski definition) is 1. The summed E-state index contributed by atoms with van der Waals surface area (Å²) in [5.41, 5.74) is 1.72. The Morgan fingerprint density at radius 3 is 2.48 bits per heavy atom. The average Bonchev–Trinajstić information content (AvgIpc) is 2.64. The second-order valence-electron chi connectivity index (χ2n) is 4.98. The molecule has 0 aliphatic rings. The quantitative estimate of drug-likeness (QED) is 0.616. The molecule has 0 unspecified atom stereocenters. The summed E-state index contributed by atoms with van der Waals surface area (Å²) >= 11 is 0. The summed E-state index contributed by atoms with van der Waals surface area (Å²) in [6.45, 7) is -0.498. The number of nitrogens with zero attached hydrogens (tertiary/aromatic N) is 1. The molecular formula is C19H15NO5. The van der Waals surface area contributed by atoms with Crippen LogP contribution >= 0.6 is 0 Å². The number of rotatable bonds is 7. The Balaban J connectivity index is 2.14. The van der Waals surface area contributed by atoms with Crippen molar-refractivity contribution in [2.24, 2.45) is 0 Å². The zero-order valence-corrected chi connectivity index (χ0v) is 13.4. The molecule has 0 radical (unpaired) electrons. The fourth-order valence-corrected chi connectivity index (χ4v) is 2.02. The third-order valence-electron chi connectivity index (χ3n) is 3.27. The van der Waals surface area contributed by atoms with E-state index in [9.17, 15) is 9.59 Å². The number of benzene rings is 2. The first-order valence-corrected chi connectivity index (χ1v) is 7.28. The highest BCUT2D eigenvalue weighted by molar-refractivity contribution is 6.07. The second-order valence-corrected chi connectivity index (χ2v) is 4.98. The van der Waals surface area contributed by atoms with Gasteiger partial charge in [-0.15, -0.1) is 0 Å². The fraction of sp³-hybridized carbons (Fsp3) is 0.105. The van der Waals surface area contributed by atoms with Crippen LogP contribution in [-0.4, -0.2) is 30.6 Å². The molecule has 2 rings (SSSR count). The van der Waals surface area contributed by atoms with Gasteiger partial charge in [0.05, 0.1) is 18.7 Å². The number of aliphatic carboxylic acids is 1. The predicted molar refractivity (Wildman–Crippen MR) is 90.6 cm³/mol. The zero-order chi connectivity index (χ0) is 18.2. The van der Waals surface area contributed by atoms with Gasteiger partial charge in [-0.1, -0.05) is 18.2 Å². The van der Waals surface area contributed by atoms with E-state index < -0.39 is 12.6 Å². The van der Waals surface area contributed by atoms with Crippen LogP contribution < -0.4 is 9.47 Å². The minimum absolute atomic E-state index is 0.243. The Morgan fingerprint density at radius 1 is 1.16 bits per heavy atom. The van der Waals surface area contributed by atoms with Crippen LogP contribution in [0, 0.1) is 11.3 Å². The van der Waals surface area contributed by atoms with Gasteiger partial charge in [-0.2, -0.15) is 5.26 Å². The molecule has 2 aromatic carbocycles. The molecule has 0 saturated carbocycles. The molecule has 0 aliphatic heterocycles. The molecular weight excluding hydrogens is 322 g/mol. The molecule has 0 aromatic heterocycles. The van der Waals surface area contributed by atoms with Gasteiger partial charge in [-0.3, -0.25) is 4.79 Å². The first-order chi connectivity index (χ1) is 12.0. The highest BCUT2D eigenvalue weighted by Crippen LogP contribution is 2.28. The first kappa shape index (κ1) is 17.8. The van der Waals surface area contributed by atoms with E-state index in [4.69, 9.17) is 19.8 Å². The van der Waals surface area contributed by atoms with E-state index in [1.54, 1.807) is 30.3 Å². The number of ether oxygens (including phenoxy) is 2. The van der Waals surface area contributed by atoms with Crippen LogP contribution in [0.4, 0.5) is 0 Å². The number of methoxy groups -OCH3 is 1. The van der Waals surface area contributed by atoms with Gasteiger partial charge >= 0.3 is 5.97 Å². The molecule has 2 aromatic rings. The summed E-state index contributed by atoms with van der Waals surface area (Å²) in [5.74, 6) is -0.823. The van der Waals surface area contributed by atoms with Gasteiger partial charge in [0, 0.05) is 5.56 Å². The number of carboxylic acid groups (broad SMARTS) is 1. The average molecular weight is 337 g/mol. The molecule has 6 nitrogen and oxygen atoms in total. The van der Waals surface area contributed by atoms with Gasteiger partial charge in [-0.25, -0.2) is 4.79 Å². The molecule has 0 aliphatic carbocycles. The van der Waals surface area contributed by atoms with Gasteiger partial charge in [0.15, 0.2) is 23.9 Å². The predicted octanol–water partition coefficient (Wildman–Crippen LogP) is 2.93. The maximum atomic E-state index is 12.3. The van der Waals surface area contributed by atoms with Crippen LogP contribution in [0.15, 0.2) is 48.5 Å². The van der Waals surface area contributed by atoms with Gasteiger partial charge in [-0.05, 0) is 42.0 Å². The lowest BCUT2D eigenvalue weighted by atomic mass is 10.1. The van der Waals surface area contributed by atoms with Crippen LogP contribution in [0.1, 0.15) is 21.5 Å². The van der Waals surface area contributed by atoms with E-state index >= 15 is 0 Å². The van der Waals surface area contributed by atoms with E-state index in [1.165, 1.54) is 31.4 Å². The number of carbonyl (C=O) groups is 2. The Hall–Kier alpha value is -3.59. The topological polar surface area (TPSA) is 96.6 Å². The Bertz CT molecular complexity index is 847. The van der Waals surface area contributed by atoms with Crippen molar-refractivity contribution in [1.82, 2.24) is 0 Å². The lowest BCUT2D eigenvalue weighted by Crippen LogP contribution is -2.10. The highest BCUT2D eigenvalue weighted by Gasteiger charge is 2.10. The number of hydrogen-bond acceptors (Lipinski definition) is 5. The number of carboxylic acids is 1. The zero-order valence-electron chi connectivity index (χ0n) is 13.4. The molecule has 25 heavy (non-hydrogen) atoms. The van der Waals surface area contributed by atoms with Crippen molar-refractivity contribution >= 4 is 17.8 Å². The molecule has 0 saturated heterocycles. The smallest absolute Gasteiger partial charge is 0.341 e. The minimum Gasteiger partial charge on any atom is -0.493 e. The van der Waals surface area contributed by atoms with Crippen molar-refractivity contribution in [3.63, 3.8) is 0 Å². The largest absolute Gasteiger partial charge is 0.493 e. The van der Waals surface area contributed by atoms with E-state index in [1.807, 2.05) is 6.07 Å². The highest BCUT2D eigenvalue weighted by atomic mass is 16.5. The van der Waals surface area contributed by atoms with Crippen molar-refractivity contribution in [2.45, 2.75) is 0 Å². The van der Waals surface area contributed by atoms with E-state index in [-0.39, 0.29) is 17.3 Å². The number of nitriles is 1. The number of allylic oxidation sites excluding steroid dienone is 1. The van der Waals surface area contributed by atoms with Crippen LogP contribution in [-0.2, 0) is 4.79 Å². The molecule has 0 atom stereocenters. The van der Waals surface area contributed by atoms with Crippen LogP contribution in [0.2, 0.25) is 0 Å². The molecule has 126 valence electrons. The van der Waals surface area contributed by atoms with Gasteiger partial charge < -0.3 is 14.6 Å². The Morgan fingerprint density at radius 2 is 1.88 bits per heavy atom. The Kier molecular flexibility index (Phi) is 5.91. The Labute approximate surface area is 144 Å². The minimum atomic E-state index is -1.10. The summed E-state index contributed by atoms with van der Waals surface area (Å²) in [7, 11) is 1.41. The molecule has 0 fully saturated rings. The van der Waals surface area contributed by atoms with E-state index in [0.717, 1.165) is 5.56 Å². The lowest BCUT2D eigenvalue weighted by molar-refractivity contribution is -0.139. The summed E-state index contributed by atoms with van der Waals surface area (Å²) in [6.07, 6.45) is 3.05. The van der Waals surface area contributed by atoms with Crippen molar-refractivity contribution in [1.29, 1.82) is 5.26 Å².